The number of aryl methyl sites for hydroxylation is 1. The molecule has 0 amide bonds. The zero-order chi connectivity index (χ0) is 21.8. The number of rotatable bonds is 7. The van der Waals surface area contributed by atoms with Gasteiger partial charge in [-0.1, -0.05) is 18.6 Å². The van der Waals surface area contributed by atoms with Crippen molar-refractivity contribution in [3.05, 3.63) is 66.4 Å². The van der Waals surface area contributed by atoms with Crippen LogP contribution in [0.25, 0.3) is 0 Å². The lowest BCUT2D eigenvalue weighted by Gasteiger charge is -2.26. The summed E-state index contributed by atoms with van der Waals surface area (Å²) in [4.78, 5) is 9.11. The highest BCUT2D eigenvalue weighted by Gasteiger charge is 2.26. The van der Waals surface area contributed by atoms with Crippen molar-refractivity contribution in [2.24, 2.45) is 7.05 Å². The highest BCUT2D eigenvalue weighted by molar-refractivity contribution is 7.89. The molecule has 9 heteroatoms. The molecule has 1 aliphatic heterocycles. The number of aromatic nitrogens is 3. The largest absolute Gasteiger partial charge is 0.497 e. The molecule has 1 atom stereocenters. The lowest BCUT2D eigenvalue weighted by molar-refractivity contribution is 0.346. The number of imidazole rings is 1. The van der Waals surface area contributed by atoms with Gasteiger partial charge in [-0.15, -0.1) is 0 Å². The predicted molar refractivity (Wildman–Crippen MR) is 119 cm³/mol. The summed E-state index contributed by atoms with van der Waals surface area (Å²) in [6, 6.07) is 10.8. The van der Waals surface area contributed by atoms with Crippen LogP contribution in [0.2, 0.25) is 0 Å². The molecule has 0 spiro atoms. The van der Waals surface area contributed by atoms with Gasteiger partial charge in [0.05, 0.1) is 7.11 Å². The first kappa shape index (κ1) is 21.3. The van der Waals surface area contributed by atoms with E-state index in [0.29, 0.717) is 18.9 Å². The van der Waals surface area contributed by atoms with E-state index in [1.807, 2.05) is 42.1 Å². The van der Waals surface area contributed by atoms with E-state index in [-0.39, 0.29) is 10.9 Å². The van der Waals surface area contributed by atoms with Crippen LogP contribution in [-0.2, 0) is 17.1 Å². The van der Waals surface area contributed by atoms with Crippen LogP contribution in [0.15, 0.2) is 59.9 Å². The molecule has 1 N–H and O–H groups in total. The Morgan fingerprint density at radius 3 is 2.35 bits per heavy atom. The SMILES string of the molecule is COc1ccc(C(Nc2ccc(S(=O)(=O)N3CCCCC3)cn2)c2nccn2C)cc1. The fraction of sp³-hybridized carbons (Fsp3) is 0.364. The quantitative estimate of drug-likeness (QED) is 0.606. The number of piperidine rings is 1. The first-order valence-corrected chi connectivity index (χ1v) is 11.8. The van der Waals surface area contributed by atoms with Crippen molar-refractivity contribution in [3.63, 3.8) is 0 Å². The molecule has 31 heavy (non-hydrogen) atoms. The van der Waals surface area contributed by atoms with E-state index >= 15 is 0 Å². The third-order valence-electron chi connectivity index (χ3n) is 5.55. The Hall–Kier alpha value is -2.91. The number of sulfonamides is 1. The first-order valence-electron chi connectivity index (χ1n) is 10.3. The number of pyridine rings is 1. The fourth-order valence-corrected chi connectivity index (χ4v) is 5.23. The van der Waals surface area contributed by atoms with Gasteiger partial charge in [0, 0.05) is 38.7 Å². The van der Waals surface area contributed by atoms with Crippen molar-refractivity contribution < 1.29 is 13.2 Å². The molecule has 3 heterocycles. The fourth-order valence-electron chi connectivity index (χ4n) is 3.77. The van der Waals surface area contributed by atoms with E-state index in [0.717, 1.165) is 36.4 Å². The molecule has 3 aromatic rings. The van der Waals surface area contributed by atoms with Gasteiger partial charge in [-0.3, -0.25) is 0 Å². The molecular formula is C22H27N5O3S. The number of anilines is 1. The van der Waals surface area contributed by atoms with E-state index < -0.39 is 10.0 Å². The lowest BCUT2D eigenvalue weighted by Crippen LogP contribution is -2.35. The van der Waals surface area contributed by atoms with Crippen LogP contribution in [0.5, 0.6) is 5.75 Å². The van der Waals surface area contributed by atoms with Gasteiger partial charge in [-0.25, -0.2) is 18.4 Å². The van der Waals surface area contributed by atoms with Gasteiger partial charge >= 0.3 is 0 Å². The molecule has 8 nitrogen and oxygen atoms in total. The average molecular weight is 442 g/mol. The van der Waals surface area contributed by atoms with Crippen LogP contribution in [-0.4, -0.2) is 47.5 Å². The molecule has 1 saturated heterocycles. The minimum absolute atomic E-state index is 0.220. The van der Waals surface area contributed by atoms with E-state index in [9.17, 15) is 8.42 Å². The van der Waals surface area contributed by atoms with E-state index in [1.54, 1.807) is 29.7 Å². The Morgan fingerprint density at radius 2 is 1.77 bits per heavy atom. The Balaban J connectivity index is 1.59. The number of hydrogen-bond donors (Lipinski definition) is 1. The van der Waals surface area contributed by atoms with E-state index in [4.69, 9.17) is 4.74 Å². The standard InChI is InChI=1S/C22H27N5O3S/c1-26-15-12-23-22(26)21(17-6-8-18(30-2)9-7-17)25-20-11-10-19(16-24-20)31(28,29)27-13-4-3-5-14-27/h6-12,15-16,21H,3-5,13-14H2,1-2H3,(H,24,25). The zero-order valence-electron chi connectivity index (χ0n) is 17.7. The summed E-state index contributed by atoms with van der Waals surface area (Å²) in [6.45, 7) is 1.14. The normalized spacial score (nSPS) is 16.1. The van der Waals surface area contributed by atoms with Crippen molar-refractivity contribution in [2.45, 2.75) is 30.2 Å². The van der Waals surface area contributed by atoms with Gasteiger partial charge in [0.1, 0.15) is 28.3 Å². The Labute approximate surface area is 183 Å². The molecule has 2 aromatic heterocycles. The molecule has 4 rings (SSSR count). The molecule has 0 bridgehead atoms. The summed E-state index contributed by atoms with van der Waals surface area (Å²) in [5.41, 5.74) is 0.988. The number of benzene rings is 1. The summed E-state index contributed by atoms with van der Waals surface area (Å²) < 4.78 is 34.5. The Morgan fingerprint density at radius 1 is 1.03 bits per heavy atom. The third-order valence-corrected chi connectivity index (χ3v) is 7.43. The topological polar surface area (TPSA) is 89.3 Å². The second kappa shape index (κ2) is 9.07. The highest BCUT2D eigenvalue weighted by atomic mass is 32.2. The maximum absolute atomic E-state index is 12.9. The van der Waals surface area contributed by atoms with Crippen molar-refractivity contribution in [2.75, 3.05) is 25.5 Å². The number of nitrogens with one attached hydrogen (secondary N) is 1. The molecule has 1 aliphatic rings. The van der Waals surface area contributed by atoms with Crippen molar-refractivity contribution >= 4 is 15.8 Å². The summed E-state index contributed by atoms with van der Waals surface area (Å²) in [7, 11) is 0.0603. The van der Waals surface area contributed by atoms with Gasteiger partial charge in [0.2, 0.25) is 10.0 Å². The van der Waals surface area contributed by atoms with Gasteiger partial charge < -0.3 is 14.6 Å². The summed E-state index contributed by atoms with van der Waals surface area (Å²) in [5, 5.41) is 3.39. The Bertz CT molecular complexity index is 1100. The molecular weight excluding hydrogens is 414 g/mol. The van der Waals surface area contributed by atoms with Crippen LogP contribution in [0.4, 0.5) is 5.82 Å². The van der Waals surface area contributed by atoms with Gasteiger partial charge in [-0.05, 0) is 42.7 Å². The molecule has 0 aliphatic carbocycles. The molecule has 0 radical (unpaired) electrons. The third kappa shape index (κ3) is 4.57. The van der Waals surface area contributed by atoms with Gasteiger partial charge in [0.25, 0.3) is 0 Å². The van der Waals surface area contributed by atoms with Crippen LogP contribution in [0.3, 0.4) is 0 Å². The summed E-state index contributed by atoms with van der Waals surface area (Å²) >= 11 is 0. The Kier molecular flexibility index (Phi) is 6.24. The smallest absolute Gasteiger partial charge is 0.244 e. The van der Waals surface area contributed by atoms with Crippen LogP contribution < -0.4 is 10.1 Å². The van der Waals surface area contributed by atoms with Crippen LogP contribution >= 0.6 is 0 Å². The lowest BCUT2D eigenvalue weighted by atomic mass is 10.1. The monoisotopic (exact) mass is 441 g/mol. The molecule has 1 fully saturated rings. The summed E-state index contributed by atoms with van der Waals surface area (Å²) in [5.74, 6) is 2.16. The molecule has 164 valence electrons. The second-order valence-electron chi connectivity index (χ2n) is 7.59. The van der Waals surface area contributed by atoms with Crippen LogP contribution in [0, 0.1) is 0 Å². The summed E-state index contributed by atoms with van der Waals surface area (Å²) in [6.07, 6.45) is 7.94. The molecule has 1 unspecified atom stereocenters. The second-order valence-corrected chi connectivity index (χ2v) is 9.53. The van der Waals surface area contributed by atoms with E-state index in [1.165, 1.54) is 6.20 Å². The predicted octanol–water partition coefficient (Wildman–Crippen LogP) is 3.20. The van der Waals surface area contributed by atoms with Crippen molar-refractivity contribution in [1.82, 2.24) is 18.8 Å². The van der Waals surface area contributed by atoms with Crippen molar-refractivity contribution in [1.29, 1.82) is 0 Å². The zero-order valence-corrected chi connectivity index (χ0v) is 18.5. The van der Waals surface area contributed by atoms with Gasteiger partial charge in [0.15, 0.2) is 0 Å². The number of hydrogen-bond acceptors (Lipinski definition) is 6. The maximum Gasteiger partial charge on any atom is 0.244 e. The van der Waals surface area contributed by atoms with E-state index in [2.05, 4.69) is 15.3 Å². The minimum Gasteiger partial charge on any atom is -0.497 e. The van der Waals surface area contributed by atoms with Crippen molar-refractivity contribution in [3.8, 4) is 5.75 Å². The average Bonchev–Trinajstić information content (AvgIpc) is 3.24. The molecule has 0 saturated carbocycles. The van der Waals surface area contributed by atoms with Gasteiger partial charge in [-0.2, -0.15) is 4.31 Å². The number of nitrogens with zero attached hydrogens (tertiary/aromatic N) is 4. The first-order chi connectivity index (χ1) is 15.0. The van der Waals surface area contributed by atoms with Crippen LogP contribution in [0.1, 0.15) is 36.7 Å². The number of ether oxygens (including phenoxy) is 1. The minimum atomic E-state index is -3.50. The maximum atomic E-state index is 12.9. The highest BCUT2D eigenvalue weighted by Crippen LogP contribution is 2.27. The number of methoxy groups -OCH3 is 1. The molecule has 1 aromatic carbocycles.